The number of ether oxygens (including phenoxy) is 1. The number of piperidine rings is 1. The average molecular weight is 474 g/mol. The number of nitrogens with one attached hydrogen (secondary N) is 1. The summed E-state index contributed by atoms with van der Waals surface area (Å²) in [7, 11) is 0. The quantitative estimate of drug-likeness (QED) is 0.522. The van der Waals surface area contributed by atoms with Gasteiger partial charge in [0.2, 0.25) is 5.91 Å². The molecule has 0 aliphatic carbocycles. The van der Waals surface area contributed by atoms with Crippen LogP contribution in [-0.2, 0) is 4.79 Å². The fraction of sp³-hybridized carbons (Fsp3) is 0.296. The number of hydrogen-bond donors (Lipinski definition) is 2. The molecule has 8 nitrogen and oxygen atoms in total. The molecule has 35 heavy (non-hydrogen) atoms. The normalized spacial score (nSPS) is 17.8. The van der Waals surface area contributed by atoms with Crippen LogP contribution in [0.2, 0.25) is 0 Å². The number of nitrogens with zero attached hydrogens (tertiary/aromatic N) is 3. The number of benzene rings is 2. The monoisotopic (exact) mass is 473 g/mol. The van der Waals surface area contributed by atoms with Gasteiger partial charge in [-0.05, 0) is 67.7 Å². The van der Waals surface area contributed by atoms with E-state index in [1.807, 2.05) is 64.2 Å². The molecule has 0 unspecified atom stereocenters. The van der Waals surface area contributed by atoms with Crippen LogP contribution in [0.25, 0.3) is 11.3 Å². The lowest BCUT2D eigenvalue weighted by Gasteiger charge is -2.38. The van der Waals surface area contributed by atoms with Crippen molar-refractivity contribution in [3.05, 3.63) is 72.8 Å². The van der Waals surface area contributed by atoms with Crippen LogP contribution in [0.15, 0.2) is 67.3 Å². The molecule has 1 saturated heterocycles. The van der Waals surface area contributed by atoms with Gasteiger partial charge < -0.3 is 20.7 Å². The minimum atomic E-state index is -0.509. The number of hydrogen-bond acceptors (Lipinski definition) is 5. The number of anilines is 1. The molecule has 0 saturated carbocycles. The average Bonchev–Trinajstić information content (AvgIpc) is 3.29. The Bertz CT molecular complexity index is 1230. The molecule has 2 aliphatic rings. The highest BCUT2D eigenvalue weighted by Crippen LogP contribution is 2.40. The van der Waals surface area contributed by atoms with Gasteiger partial charge in [0.25, 0.3) is 5.91 Å². The summed E-state index contributed by atoms with van der Waals surface area (Å²) in [6, 6.07) is 17.2. The largest absolute Gasteiger partial charge is 0.457 e. The van der Waals surface area contributed by atoms with Gasteiger partial charge in [0.15, 0.2) is 0 Å². The van der Waals surface area contributed by atoms with Crippen molar-refractivity contribution in [1.82, 2.24) is 14.7 Å². The van der Waals surface area contributed by atoms with Crippen LogP contribution in [0.1, 0.15) is 35.7 Å². The molecule has 2 amide bonds. The molecule has 0 spiro atoms. The van der Waals surface area contributed by atoms with Crippen LogP contribution in [0.3, 0.4) is 0 Å². The van der Waals surface area contributed by atoms with Crippen LogP contribution in [-0.4, -0.2) is 46.1 Å². The van der Waals surface area contributed by atoms with E-state index >= 15 is 0 Å². The Labute approximate surface area is 204 Å². The van der Waals surface area contributed by atoms with Gasteiger partial charge in [-0.1, -0.05) is 24.8 Å². The zero-order valence-electron chi connectivity index (χ0n) is 19.5. The van der Waals surface area contributed by atoms with Crippen molar-refractivity contribution in [2.24, 2.45) is 11.7 Å². The van der Waals surface area contributed by atoms with Crippen molar-refractivity contribution >= 4 is 17.6 Å². The number of aromatic nitrogens is 2. The van der Waals surface area contributed by atoms with E-state index in [9.17, 15) is 9.59 Å². The Kier molecular flexibility index (Phi) is 6.27. The SMILES string of the molecule is C=CC(=O)N1CCC([C@@H]2CCNc3c(C(N)=O)[14c](-c4ccc(Oc5ccccc5)cc4)nn32)CC1. The van der Waals surface area contributed by atoms with E-state index in [2.05, 4.69) is 11.9 Å². The highest BCUT2D eigenvalue weighted by molar-refractivity contribution is 6.03. The number of carbonyl (C=O) groups is 2. The Balaban J connectivity index is 1.41. The first kappa shape index (κ1) is 22.7. The predicted molar refractivity (Wildman–Crippen MR) is 134 cm³/mol. The van der Waals surface area contributed by atoms with E-state index in [0.717, 1.165) is 37.1 Å². The molecule has 0 radical (unpaired) electrons. The summed E-state index contributed by atoms with van der Waals surface area (Å²) in [5.74, 6) is 1.96. The molecular formula is C27H29N5O3. The maximum Gasteiger partial charge on any atom is 0.254 e. The summed E-state index contributed by atoms with van der Waals surface area (Å²) in [4.78, 5) is 26.3. The summed E-state index contributed by atoms with van der Waals surface area (Å²) in [5, 5.41) is 8.25. The zero-order chi connectivity index (χ0) is 24.4. The van der Waals surface area contributed by atoms with Crippen molar-refractivity contribution in [2.45, 2.75) is 25.3 Å². The van der Waals surface area contributed by atoms with Gasteiger partial charge in [-0.3, -0.25) is 9.59 Å². The zero-order valence-corrected chi connectivity index (χ0v) is 19.5. The fourth-order valence-corrected chi connectivity index (χ4v) is 5.11. The lowest BCUT2D eigenvalue weighted by atomic mass is 9.87. The first-order valence-corrected chi connectivity index (χ1v) is 12.0. The molecule has 8 heteroatoms. The highest BCUT2D eigenvalue weighted by atomic mass is 16.5. The molecule has 0 bridgehead atoms. The molecule has 2 aromatic carbocycles. The number of para-hydroxylation sites is 1. The molecule has 1 fully saturated rings. The smallest absolute Gasteiger partial charge is 0.254 e. The highest BCUT2D eigenvalue weighted by Gasteiger charge is 2.35. The van der Waals surface area contributed by atoms with Crippen molar-refractivity contribution in [3.8, 4) is 22.8 Å². The van der Waals surface area contributed by atoms with E-state index < -0.39 is 5.91 Å². The Morgan fingerprint density at radius 3 is 2.40 bits per heavy atom. The number of amides is 2. The molecular weight excluding hydrogens is 444 g/mol. The molecule has 5 rings (SSSR count). The van der Waals surface area contributed by atoms with E-state index in [-0.39, 0.29) is 11.9 Å². The van der Waals surface area contributed by atoms with E-state index in [0.29, 0.717) is 41.8 Å². The molecule has 3 aromatic rings. The third-order valence-corrected chi connectivity index (χ3v) is 6.88. The van der Waals surface area contributed by atoms with Crippen LogP contribution in [0.5, 0.6) is 11.5 Å². The first-order chi connectivity index (χ1) is 17.0. The van der Waals surface area contributed by atoms with E-state index in [1.54, 1.807) is 0 Å². The maximum atomic E-state index is 12.5. The van der Waals surface area contributed by atoms with E-state index in [1.165, 1.54) is 6.08 Å². The lowest BCUT2D eigenvalue weighted by Crippen LogP contribution is -2.41. The minimum absolute atomic E-state index is 0.0217. The molecule has 2 aliphatic heterocycles. The van der Waals surface area contributed by atoms with Crippen LogP contribution in [0.4, 0.5) is 5.82 Å². The van der Waals surface area contributed by atoms with Gasteiger partial charge in [0.1, 0.15) is 28.6 Å². The summed E-state index contributed by atoms with van der Waals surface area (Å²) in [5.41, 5.74) is 7.61. The number of primary amides is 1. The summed E-state index contributed by atoms with van der Waals surface area (Å²) >= 11 is 0. The lowest BCUT2D eigenvalue weighted by molar-refractivity contribution is -0.127. The number of likely N-dealkylation sites (tertiary alicyclic amines) is 1. The van der Waals surface area contributed by atoms with Gasteiger partial charge >= 0.3 is 0 Å². The number of nitrogens with two attached hydrogens (primary N) is 1. The second-order valence-electron chi connectivity index (χ2n) is 8.97. The second-order valence-corrected chi connectivity index (χ2v) is 8.97. The minimum Gasteiger partial charge on any atom is -0.457 e. The number of rotatable bonds is 6. The topological polar surface area (TPSA) is 102 Å². The summed E-state index contributed by atoms with van der Waals surface area (Å²) in [6.07, 6.45) is 4.04. The number of carbonyl (C=O) groups excluding carboxylic acids is 2. The fourth-order valence-electron chi connectivity index (χ4n) is 5.11. The Morgan fingerprint density at radius 1 is 1.06 bits per heavy atom. The summed E-state index contributed by atoms with van der Waals surface area (Å²) < 4.78 is 7.84. The van der Waals surface area contributed by atoms with Crippen LogP contribution in [0, 0.1) is 5.92 Å². The van der Waals surface area contributed by atoms with Gasteiger partial charge in [-0.15, -0.1) is 0 Å². The van der Waals surface area contributed by atoms with Gasteiger partial charge in [0, 0.05) is 25.2 Å². The van der Waals surface area contributed by atoms with Crippen molar-refractivity contribution in [2.75, 3.05) is 25.0 Å². The van der Waals surface area contributed by atoms with Gasteiger partial charge in [0.05, 0.1) is 6.04 Å². The number of fused-ring (bicyclic) bond motifs is 1. The third-order valence-electron chi connectivity index (χ3n) is 6.88. The van der Waals surface area contributed by atoms with Gasteiger partial charge in [-0.25, -0.2) is 4.68 Å². The standard InChI is InChI=1S/C27H29N5O3/c1-2-23(33)31-16-13-18(14-17-31)22-12-15-29-27-24(26(28)34)25(30-32(22)27)19-8-10-21(11-9-19)35-20-6-4-3-5-7-20/h2-11,18,22,29H,1,12-17H2,(H2,28,34)/t22-/m0/s1/i25+2. The molecule has 1 aromatic heterocycles. The third kappa shape index (κ3) is 4.51. The second kappa shape index (κ2) is 9.66. The Hall–Kier alpha value is -4.07. The van der Waals surface area contributed by atoms with Gasteiger partial charge in [-0.2, -0.15) is 5.10 Å². The molecule has 3 N–H and O–H groups in total. The van der Waals surface area contributed by atoms with Crippen molar-refractivity contribution in [1.29, 1.82) is 0 Å². The van der Waals surface area contributed by atoms with Crippen LogP contribution < -0.4 is 15.8 Å². The Morgan fingerprint density at radius 2 is 1.74 bits per heavy atom. The predicted octanol–water partition coefficient (Wildman–Crippen LogP) is 4.22. The molecule has 180 valence electrons. The van der Waals surface area contributed by atoms with E-state index in [4.69, 9.17) is 15.6 Å². The van der Waals surface area contributed by atoms with Crippen LogP contribution >= 0.6 is 0 Å². The molecule has 1 atom stereocenters. The maximum absolute atomic E-state index is 12.5. The molecule has 3 heterocycles. The first-order valence-electron chi connectivity index (χ1n) is 12.0. The van der Waals surface area contributed by atoms with Crippen molar-refractivity contribution in [3.63, 3.8) is 0 Å². The summed E-state index contributed by atoms with van der Waals surface area (Å²) in [6.45, 7) is 5.74. The van der Waals surface area contributed by atoms with Crippen molar-refractivity contribution < 1.29 is 14.3 Å².